The normalized spacial score (nSPS) is 19.4. The highest BCUT2D eigenvalue weighted by atomic mass is 16.5. The van der Waals surface area contributed by atoms with Crippen LogP contribution < -0.4 is 0 Å². The van der Waals surface area contributed by atoms with Gasteiger partial charge in [0.05, 0.1) is 6.10 Å². The van der Waals surface area contributed by atoms with E-state index in [1.165, 1.54) is 17.5 Å². The average Bonchev–Trinajstić information content (AvgIpc) is 2.93. The molecule has 0 atom stereocenters. The molecule has 1 aromatic carbocycles. The summed E-state index contributed by atoms with van der Waals surface area (Å²) in [6.45, 7) is 1.69. The smallest absolute Gasteiger partial charge is 0.188 e. The quantitative estimate of drug-likeness (QED) is 0.780. The molecule has 1 aromatic rings. The van der Waals surface area contributed by atoms with Gasteiger partial charge >= 0.3 is 0 Å². The van der Waals surface area contributed by atoms with Crippen molar-refractivity contribution in [1.82, 2.24) is 0 Å². The third kappa shape index (κ3) is 3.04. The highest BCUT2D eigenvalue weighted by Crippen LogP contribution is 2.23. The Bertz CT molecular complexity index is 461. The first-order valence-electron chi connectivity index (χ1n) is 7.17. The molecule has 1 aliphatic carbocycles. The fourth-order valence-corrected chi connectivity index (χ4v) is 2.86. The predicted molar refractivity (Wildman–Crippen MR) is 72.6 cm³/mol. The molecule has 2 aliphatic rings. The molecule has 0 spiro atoms. The lowest BCUT2D eigenvalue weighted by molar-refractivity contribution is -0.0262. The first-order valence-corrected chi connectivity index (χ1v) is 7.17. The maximum Gasteiger partial charge on any atom is 0.188 e. The van der Waals surface area contributed by atoms with Crippen molar-refractivity contribution in [3.05, 3.63) is 34.9 Å². The summed E-state index contributed by atoms with van der Waals surface area (Å²) < 4.78 is 11.0. The molecule has 3 rings (SSSR count). The van der Waals surface area contributed by atoms with Crippen LogP contribution in [0.5, 0.6) is 0 Å². The van der Waals surface area contributed by atoms with Crippen molar-refractivity contribution in [2.45, 2.75) is 38.2 Å². The maximum atomic E-state index is 12.1. The van der Waals surface area contributed by atoms with Gasteiger partial charge in [-0.3, -0.25) is 4.79 Å². The summed E-state index contributed by atoms with van der Waals surface area (Å²) in [7, 11) is 0. The van der Waals surface area contributed by atoms with Crippen LogP contribution in [0.2, 0.25) is 0 Å². The zero-order valence-electron chi connectivity index (χ0n) is 11.2. The number of benzene rings is 1. The number of ether oxygens (including phenoxy) is 2. The van der Waals surface area contributed by atoms with Crippen LogP contribution in [0.4, 0.5) is 0 Å². The molecule has 3 heteroatoms. The number of hydrogen-bond donors (Lipinski definition) is 0. The van der Waals surface area contributed by atoms with Gasteiger partial charge in [0.25, 0.3) is 0 Å². The molecule has 102 valence electrons. The first kappa shape index (κ1) is 12.8. The van der Waals surface area contributed by atoms with Crippen molar-refractivity contribution in [2.75, 3.05) is 19.8 Å². The molecule has 0 saturated carbocycles. The Morgan fingerprint density at radius 3 is 2.84 bits per heavy atom. The summed E-state index contributed by atoms with van der Waals surface area (Å²) in [5.74, 6) is 0.0983. The molecule has 0 N–H and O–H groups in total. The van der Waals surface area contributed by atoms with Crippen molar-refractivity contribution in [1.29, 1.82) is 0 Å². The number of carbonyl (C=O) groups is 1. The summed E-state index contributed by atoms with van der Waals surface area (Å²) in [4.78, 5) is 12.1. The van der Waals surface area contributed by atoms with E-state index >= 15 is 0 Å². The van der Waals surface area contributed by atoms with Gasteiger partial charge in [-0.15, -0.1) is 0 Å². The van der Waals surface area contributed by atoms with Gasteiger partial charge in [0.1, 0.15) is 6.61 Å². The molecular formula is C16H20O3. The Morgan fingerprint density at radius 2 is 2.00 bits per heavy atom. The highest BCUT2D eigenvalue weighted by Gasteiger charge is 2.17. The molecule has 0 amide bonds. The fourth-order valence-electron chi connectivity index (χ4n) is 2.86. The van der Waals surface area contributed by atoms with Gasteiger partial charge in [-0.2, -0.15) is 0 Å². The standard InChI is InChI=1S/C16H20O3/c17-16(11-19-15-6-8-18-9-7-15)14-5-4-12-2-1-3-13(12)10-14/h4-5,10,15H,1-3,6-9,11H2. The molecule has 1 fully saturated rings. The summed E-state index contributed by atoms with van der Waals surface area (Å²) in [6.07, 6.45) is 5.47. The lowest BCUT2D eigenvalue weighted by Crippen LogP contribution is -2.25. The highest BCUT2D eigenvalue weighted by molar-refractivity contribution is 5.97. The molecule has 1 aliphatic heterocycles. The van der Waals surface area contributed by atoms with Gasteiger partial charge in [0.2, 0.25) is 0 Å². The zero-order valence-corrected chi connectivity index (χ0v) is 11.2. The summed E-state index contributed by atoms with van der Waals surface area (Å²) in [5.41, 5.74) is 3.55. The van der Waals surface area contributed by atoms with Crippen LogP contribution in [0.15, 0.2) is 18.2 Å². The molecule has 0 unspecified atom stereocenters. The van der Waals surface area contributed by atoms with Gasteiger partial charge in [0, 0.05) is 18.8 Å². The summed E-state index contributed by atoms with van der Waals surface area (Å²) >= 11 is 0. The van der Waals surface area contributed by atoms with Crippen molar-refractivity contribution >= 4 is 5.78 Å². The third-order valence-electron chi connectivity index (χ3n) is 4.04. The van der Waals surface area contributed by atoms with E-state index in [1.54, 1.807) is 0 Å². The van der Waals surface area contributed by atoms with Crippen molar-refractivity contribution in [3.8, 4) is 0 Å². The number of fused-ring (bicyclic) bond motifs is 1. The Hall–Kier alpha value is -1.19. The number of ketones is 1. The van der Waals surface area contributed by atoms with Crippen LogP contribution in [-0.2, 0) is 22.3 Å². The first-order chi connectivity index (χ1) is 9.33. The van der Waals surface area contributed by atoms with Crippen LogP contribution >= 0.6 is 0 Å². The molecule has 3 nitrogen and oxygen atoms in total. The number of Topliss-reactive ketones (excluding diaryl/α,β-unsaturated/α-hetero) is 1. The largest absolute Gasteiger partial charge is 0.381 e. The van der Waals surface area contributed by atoms with Gasteiger partial charge in [0.15, 0.2) is 5.78 Å². The fraction of sp³-hybridized carbons (Fsp3) is 0.562. The number of hydrogen-bond acceptors (Lipinski definition) is 3. The second kappa shape index (κ2) is 5.85. The van der Waals surface area contributed by atoms with Crippen LogP contribution in [0.3, 0.4) is 0 Å². The van der Waals surface area contributed by atoms with Gasteiger partial charge in [-0.25, -0.2) is 0 Å². The molecule has 0 radical (unpaired) electrons. The van der Waals surface area contributed by atoms with Crippen LogP contribution in [0, 0.1) is 0 Å². The van der Waals surface area contributed by atoms with Gasteiger partial charge in [-0.05, 0) is 49.3 Å². The van der Waals surface area contributed by atoms with Crippen LogP contribution in [0.25, 0.3) is 0 Å². The minimum Gasteiger partial charge on any atom is -0.381 e. The van der Waals surface area contributed by atoms with E-state index in [1.807, 2.05) is 6.07 Å². The zero-order chi connectivity index (χ0) is 13.1. The summed E-state index contributed by atoms with van der Waals surface area (Å²) in [5, 5.41) is 0. The Labute approximate surface area is 113 Å². The lowest BCUT2D eigenvalue weighted by Gasteiger charge is -2.22. The van der Waals surface area contributed by atoms with E-state index in [2.05, 4.69) is 12.1 Å². The Balaban J connectivity index is 1.57. The maximum absolute atomic E-state index is 12.1. The van der Waals surface area contributed by atoms with Crippen molar-refractivity contribution < 1.29 is 14.3 Å². The SMILES string of the molecule is O=C(COC1CCOCC1)c1ccc2c(c1)CCC2. The third-order valence-corrected chi connectivity index (χ3v) is 4.04. The van der Waals surface area contributed by atoms with Crippen LogP contribution in [0.1, 0.15) is 40.7 Å². The second-order valence-corrected chi connectivity index (χ2v) is 5.38. The van der Waals surface area contributed by atoms with Crippen LogP contribution in [-0.4, -0.2) is 31.7 Å². The van der Waals surface area contributed by atoms with E-state index in [0.717, 1.165) is 44.5 Å². The van der Waals surface area contributed by atoms with E-state index in [9.17, 15) is 4.79 Å². The van der Waals surface area contributed by atoms with Crippen molar-refractivity contribution in [2.24, 2.45) is 0 Å². The minimum atomic E-state index is 0.0983. The monoisotopic (exact) mass is 260 g/mol. The van der Waals surface area contributed by atoms with E-state index in [0.29, 0.717) is 0 Å². The molecule has 1 saturated heterocycles. The summed E-state index contributed by atoms with van der Waals surface area (Å²) in [6, 6.07) is 6.10. The minimum absolute atomic E-state index is 0.0983. The lowest BCUT2D eigenvalue weighted by atomic mass is 10.0. The number of carbonyl (C=O) groups excluding carboxylic acids is 1. The molecule has 19 heavy (non-hydrogen) atoms. The molecule has 0 aromatic heterocycles. The molecular weight excluding hydrogens is 240 g/mol. The van der Waals surface area contributed by atoms with E-state index in [4.69, 9.17) is 9.47 Å². The topological polar surface area (TPSA) is 35.5 Å². The Morgan fingerprint density at radius 1 is 1.21 bits per heavy atom. The van der Waals surface area contributed by atoms with Gasteiger partial charge in [-0.1, -0.05) is 12.1 Å². The van der Waals surface area contributed by atoms with E-state index in [-0.39, 0.29) is 18.5 Å². The second-order valence-electron chi connectivity index (χ2n) is 5.38. The molecule has 0 bridgehead atoms. The molecule has 1 heterocycles. The average molecular weight is 260 g/mol. The predicted octanol–water partition coefficient (Wildman–Crippen LogP) is 2.55. The Kier molecular flexibility index (Phi) is 3.95. The van der Waals surface area contributed by atoms with Crippen molar-refractivity contribution in [3.63, 3.8) is 0 Å². The van der Waals surface area contributed by atoms with Gasteiger partial charge < -0.3 is 9.47 Å². The number of rotatable bonds is 4. The number of aryl methyl sites for hydroxylation is 2. The van der Waals surface area contributed by atoms with E-state index < -0.39 is 0 Å².